The summed E-state index contributed by atoms with van der Waals surface area (Å²) in [5.74, 6) is 0.253. The predicted octanol–water partition coefficient (Wildman–Crippen LogP) is 1.31. The number of hydrogen-bond acceptors (Lipinski definition) is 6. The molecule has 0 saturated heterocycles. The van der Waals surface area contributed by atoms with Crippen LogP contribution in [0.5, 0.6) is 0 Å². The molecule has 0 unspecified atom stereocenters. The van der Waals surface area contributed by atoms with Gasteiger partial charge in [-0.25, -0.2) is 9.97 Å². The van der Waals surface area contributed by atoms with Gasteiger partial charge in [-0.2, -0.15) is 9.78 Å². The van der Waals surface area contributed by atoms with Gasteiger partial charge in [0.25, 0.3) is 6.67 Å². The molecule has 2 aromatic heterocycles. The van der Waals surface area contributed by atoms with E-state index in [9.17, 15) is 10.1 Å². The fourth-order valence-corrected chi connectivity index (χ4v) is 2.04. The van der Waals surface area contributed by atoms with Crippen LogP contribution >= 0.6 is 0 Å². The number of hydrogen-bond donors (Lipinski definition) is 1. The highest BCUT2D eigenvalue weighted by Crippen LogP contribution is 2.29. The summed E-state index contributed by atoms with van der Waals surface area (Å²) in [4.78, 5) is 18.2. The van der Waals surface area contributed by atoms with Gasteiger partial charge in [0.05, 0.1) is 5.39 Å². The Kier molecular flexibility index (Phi) is 2.75. The number of aromatic nitrogens is 4. The van der Waals surface area contributed by atoms with E-state index in [-0.39, 0.29) is 5.82 Å². The highest BCUT2D eigenvalue weighted by molar-refractivity contribution is 5.98. The average molecular weight is 270 g/mol. The Labute approximate surface area is 113 Å². The molecule has 8 nitrogen and oxygen atoms in total. The Balaban J connectivity index is 2.29. The second-order valence-electron chi connectivity index (χ2n) is 4.15. The number of benzene rings is 1. The summed E-state index contributed by atoms with van der Waals surface area (Å²) < 4.78 is 1.22. The van der Waals surface area contributed by atoms with Crippen molar-refractivity contribution in [2.45, 2.75) is 6.67 Å². The molecule has 0 bridgehead atoms. The van der Waals surface area contributed by atoms with Gasteiger partial charge < -0.3 is 5.73 Å². The summed E-state index contributed by atoms with van der Waals surface area (Å²) in [5.41, 5.74) is 7.57. The third-order valence-corrected chi connectivity index (χ3v) is 2.86. The molecule has 0 radical (unpaired) electrons. The van der Waals surface area contributed by atoms with Crippen LogP contribution < -0.4 is 5.73 Å². The number of nitrogen functional groups attached to an aromatic ring is 1. The Morgan fingerprint density at radius 3 is 2.70 bits per heavy atom. The van der Waals surface area contributed by atoms with Gasteiger partial charge in [-0.1, -0.05) is 30.3 Å². The lowest BCUT2D eigenvalue weighted by atomic mass is 10.1. The molecule has 2 heterocycles. The maximum Gasteiger partial charge on any atom is 0.297 e. The van der Waals surface area contributed by atoms with Gasteiger partial charge in [0.1, 0.15) is 17.8 Å². The van der Waals surface area contributed by atoms with Crippen molar-refractivity contribution < 1.29 is 4.92 Å². The number of nitrogens with zero attached hydrogens (tertiary/aromatic N) is 5. The van der Waals surface area contributed by atoms with Crippen molar-refractivity contribution in [2.24, 2.45) is 0 Å². The maximum atomic E-state index is 10.7. The van der Waals surface area contributed by atoms with Gasteiger partial charge >= 0.3 is 0 Å². The Morgan fingerprint density at radius 2 is 2.00 bits per heavy atom. The molecular formula is C12H10N6O2. The normalized spacial score (nSPS) is 10.8. The lowest BCUT2D eigenvalue weighted by Gasteiger charge is -1.98. The van der Waals surface area contributed by atoms with Crippen LogP contribution in [0.1, 0.15) is 0 Å². The summed E-state index contributed by atoms with van der Waals surface area (Å²) >= 11 is 0. The van der Waals surface area contributed by atoms with Crippen molar-refractivity contribution in [2.75, 3.05) is 5.73 Å². The minimum absolute atomic E-state index is 0.253. The van der Waals surface area contributed by atoms with E-state index in [0.717, 1.165) is 5.56 Å². The number of anilines is 1. The summed E-state index contributed by atoms with van der Waals surface area (Å²) in [7, 11) is 0. The van der Waals surface area contributed by atoms with Crippen LogP contribution in [0.4, 0.5) is 5.82 Å². The van der Waals surface area contributed by atoms with E-state index in [1.165, 1.54) is 11.0 Å². The van der Waals surface area contributed by atoms with E-state index in [4.69, 9.17) is 5.73 Å². The minimum Gasteiger partial charge on any atom is -0.383 e. The topological polar surface area (TPSA) is 113 Å². The quantitative estimate of drug-likeness (QED) is 0.567. The molecule has 2 N–H and O–H groups in total. The SMILES string of the molecule is Nc1ncnc2c1c(-c1ccccc1)nn2C[N+](=O)[O-]. The molecule has 0 atom stereocenters. The van der Waals surface area contributed by atoms with Crippen LogP contribution in [0.3, 0.4) is 0 Å². The van der Waals surface area contributed by atoms with Crippen molar-refractivity contribution in [3.63, 3.8) is 0 Å². The lowest BCUT2D eigenvalue weighted by Crippen LogP contribution is -2.09. The first kappa shape index (κ1) is 12.0. The maximum absolute atomic E-state index is 10.7. The predicted molar refractivity (Wildman–Crippen MR) is 72.2 cm³/mol. The minimum atomic E-state index is -0.473. The van der Waals surface area contributed by atoms with Gasteiger partial charge in [0, 0.05) is 10.5 Å². The molecule has 0 aliphatic rings. The molecule has 0 spiro atoms. The lowest BCUT2D eigenvalue weighted by molar-refractivity contribution is -0.515. The molecular weight excluding hydrogens is 260 g/mol. The van der Waals surface area contributed by atoms with Gasteiger partial charge in [0.2, 0.25) is 0 Å². The molecule has 0 amide bonds. The van der Waals surface area contributed by atoms with E-state index < -0.39 is 11.6 Å². The summed E-state index contributed by atoms with van der Waals surface area (Å²) in [6.45, 7) is -0.472. The Hall–Kier alpha value is -3.03. The number of rotatable bonds is 3. The molecule has 3 aromatic rings. The van der Waals surface area contributed by atoms with Crippen molar-refractivity contribution >= 4 is 16.9 Å². The van der Waals surface area contributed by atoms with Gasteiger partial charge in [-0.3, -0.25) is 10.1 Å². The van der Waals surface area contributed by atoms with Crippen molar-refractivity contribution in [3.8, 4) is 11.3 Å². The zero-order chi connectivity index (χ0) is 14.1. The zero-order valence-electron chi connectivity index (χ0n) is 10.3. The summed E-state index contributed by atoms with van der Waals surface area (Å²) in [6.07, 6.45) is 1.27. The van der Waals surface area contributed by atoms with Crippen LogP contribution in [0.15, 0.2) is 36.7 Å². The van der Waals surface area contributed by atoms with Gasteiger partial charge in [-0.15, -0.1) is 0 Å². The molecule has 0 aliphatic heterocycles. The first-order valence-corrected chi connectivity index (χ1v) is 5.81. The molecule has 100 valence electrons. The highest BCUT2D eigenvalue weighted by Gasteiger charge is 2.18. The standard InChI is InChI=1S/C12H10N6O2/c13-11-9-10(8-4-2-1-3-5-8)16-17(7-18(19)20)12(9)15-6-14-11/h1-6H,7H2,(H2,13,14,15). The zero-order valence-corrected chi connectivity index (χ0v) is 10.3. The summed E-state index contributed by atoms with van der Waals surface area (Å²) in [5, 5.41) is 15.5. The monoisotopic (exact) mass is 270 g/mol. The molecule has 0 fully saturated rings. The van der Waals surface area contributed by atoms with E-state index in [0.29, 0.717) is 16.7 Å². The number of nitrogens with two attached hydrogens (primary N) is 1. The molecule has 3 rings (SSSR count). The van der Waals surface area contributed by atoms with Crippen molar-refractivity contribution in [1.29, 1.82) is 0 Å². The smallest absolute Gasteiger partial charge is 0.297 e. The van der Waals surface area contributed by atoms with Crippen LogP contribution in [0.2, 0.25) is 0 Å². The van der Waals surface area contributed by atoms with Gasteiger partial charge in [0.15, 0.2) is 5.65 Å². The third-order valence-electron chi connectivity index (χ3n) is 2.86. The average Bonchev–Trinajstić information content (AvgIpc) is 2.79. The van der Waals surface area contributed by atoms with Crippen LogP contribution in [0.25, 0.3) is 22.3 Å². The van der Waals surface area contributed by atoms with E-state index >= 15 is 0 Å². The molecule has 20 heavy (non-hydrogen) atoms. The van der Waals surface area contributed by atoms with E-state index in [1.54, 1.807) is 0 Å². The number of fused-ring (bicyclic) bond motifs is 1. The van der Waals surface area contributed by atoms with Crippen LogP contribution in [0, 0.1) is 10.1 Å². The van der Waals surface area contributed by atoms with E-state index in [2.05, 4.69) is 15.1 Å². The number of nitro groups is 1. The molecule has 0 aliphatic carbocycles. The third kappa shape index (κ3) is 1.92. The molecule has 8 heteroatoms. The fraction of sp³-hybridized carbons (Fsp3) is 0.0833. The molecule has 0 saturated carbocycles. The first-order chi connectivity index (χ1) is 9.66. The largest absolute Gasteiger partial charge is 0.383 e. The summed E-state index contributed by atoms with van der Waals surface area (Å²) in [6, 6.07) is 9.29. The van der Waals surface area contributed by atoms with Crippen LogP contribution in [-0.4, -0.2) is 24.7 Å². The fourth-order valence-electron chi connectivity index (χ4n) is 2.04. The van der Waals surface area contributed by atoms with Crippen molar-refractivity contribution in [3.05, 3.63) is 46.8 Å². The Bertz CT molecular complexity index is 783. The molecule has 1 aromatic carbocycles. The second-order valence-corrected chi connectivity index (χ2v) is 4.15. The van der Waals surface area contributed by atoms with Crippen molar-refractivity contribution in [1.82, 2.24) is 19.7 Å². The van der Waals surface area contributed by atoms with Gasteiger partial charge in [-0.05, 0) is 0 Å². The highest BCUT2D eigenvalue weighted by atomic mass is 16.6. The van der Waals surface area contributed by atoms with E-state index in [1.807, 2.05) is 30.3 Å². The Morgan fingerprint density at radius 1 is 1.25 bits per heavy atom. The first-order valence-electron chi connectivity index (χ1n) is 5.81. The van der Waals surface area contributed by atoms with Crippen LogP contribution in [-0.2, 0) is 6.67 Å². The second kappa shape index (κ2) is 4.57.